The van der Waals surface area contributed by atoms with Gasteiger partial charge in [-0.25, -0.2) is 0 Å². The predicted octanol–water partition coefficient (Wildman–Crippen LogP) is 1.54. The van der Waals surface area contributed by atoms with E-state index in [0.717, 1.165) is 19.4 Å². The Hall–Kier alpha value is -0.770. The van der Waals surface area contributed by atoms with Crippen LogP contribution in [0.4, 0.5) is 0 Å². The van der Waals surface area contributed by atoms with Gasteiger partial charge < -0.3 is 16.3 Å². The quantitative estimate of drug-likeness (QED) is 0.264. The van der Waals surface area contributed by atoms with Crippen molar-refractivity contribution >= 4 is 5.84 Å². The van der Waals surface area contributed by atoms with Gasteiger partial charge in [0.05, 0.1) is 0 Å². The zero-order chi connectivity index (χ0) is 11.2. The van der Waals surface area contributed by atoms with Crippen molar-refractivity contribution in [3.8, 4) is 0 Å². The van der Waals surface area contributed by atoms with Crippen LogP contribution in [0.5, 0.6) is 0 Å². The number of hydrogen-bond acceptors (Lipinski definition) is 3. The molecule has 0 fully saturated rings. The maximum absolute atomic E-state index is 8.57. The maximum Gasteiger partial charge on any atom is 0.144 e. The van der Waals surface area contributed by atoms with Crippen LogP contribution < -0.4 is 11.1 Å². The standard InChI is InChI=1S/C10H23N3O/c1-5-8(2)12-7-6-10(3,4)9(11)13-14/h8,12,14H,5-7H2,1-4H3,(H2,11,13). The van der Waals surface area contributed by atoms with Gasteiger partial charge in [0.2, 0.25) is 0 Å². The number of nitrogens with zero attached hydrogens (tertiary/aromatic N) is 1. The summed E-state index contributed by atoms with van der Waals surface area (Å²) < 4.78 is 0. The molecule has 0 heterocycles. The van der Waals surface area contributed by atoms with E-state index in [2.05, 4.69) is 24.3 Å². The normalized spacial score (nSPS) is 15.6. The summed E-state index contributed by atoms with van der Waals surface area (Å²) in [5, 5.41) is 15.0. The molecule has 0 amide bonds. The third-order valence-electron chi connectivity index (χ3n) is 2.66. The van der Waals surface area contributed by atoms with Crippen molar-refractivity contribution in [2.24, 2.45) is 16.3 Å². The molecular formula is C10H23N3O. The molecule has 0 aliphatic carbocycles. The van der Waals surface area contributed by atoms with Crippen LogP contribution in [0.15, 0.2) is 5.16 Å². The fourth-order valence-electron chi connectivity index (χ4n) is 1.04. The average Bonchev–Trinajstić information content (AvgIpc) is 2.15. The van der Waals surface area contributed by atoms with E-state index in [4.69, 9.17) is 10.9 Å². The summed E-state index contributed by atoms with van der Waals surface area (Å²) in [6.45, 7) is 9.13. The lowest BCUT2D eigenvalue weighted by Gasteiger charge is -2.23. The van der Waals surface area contributed by atoms with Gasteiger partial charge in [-0.15, -0.1) is 0 Å². The predicted molar refractivity (Wildman–Crippen MR) is 59.6 cm³/mol. The molecule has 0 saturated heterocycles. The van der Waals surface area contributed by atoms with E-state index in [9.17, 15) is 0 Å². The minimum absolute atomic E-state index is 0.241. The average molecular weight is 201 g/mol. The van der Waals surface area contributed by atoms with Gasteiger partial charge in [-0.1, -0.05) is 25.9 Å². The Labute approximate surface area is 86.6 Å². The Kier molecular flexibility index (Phi) is 5.53. The lowest BCUT2D eigenvalue weighted by molar-refractivity contribution is 0.304. The van der Waals surface area contributed by atoms with Gasteiger partial charge >= 0.3 is 0 Å². The van der Waals surface area contributed by atoms with Crippen molar-refractivity contribution in [2.75, 3.05) is 6.54 Å². The summed E-state index contributed by atoms with van der Waals surface area (Å²) in [4.78, 5) is 0. The molecule has 0 bridgehead atoms. The smallest absolute Gasteiger partial charge is 0.144 e. The second-order valence-electron chi connectivity index (χ2n) is 4.38. The number of nitrogens with one attached hydrogen (secondary N) is 1. The van der Waals surface area contributed by atoms with Gasteiger partial charge in [-0.2, -0.15) is 0 Å². The zero-order valence-electron chi connectivity index (χ0n) is 9.67. The summed E-state index contributed by atoms with van der Waals surface area (Å²) in [6.07, 6.45) is 1.98. The minimum atomic E-state index is -0.241. The van der Waals surface area contributed by atoms with Crippen molar-refractivity contribution in [1.82, 2.24) is 5.32 Å². The van der Waals surface area contributed by atoms with E-state index in [1.54, 1.807) is 0 Å². The van der Waals surface area contributed by atoms with Crippen LogP contribution in [0.25, 0.3) is 0 Å². The molecule has 4 heteroatoms. The lowest BCUT2D eigenvalue weighted by Crippen LogP contribution is -2.36. The highest BCUT2D eigenvalue weighted by Gasteiger charge is 2.22. The van der Waals surface area contributed by atoms with E-state index in [-0.39, 0.29) is 5.41 Å². The molecule has 84 valence electrons. The molecule has 0 rings (SSSR count). The first-order valence-electron chi connectivity index (χ1n) is 5.15. The van der Waals surface area contributed by atoms with Gasteiger partial charge in [-0.05, 0) is 26.3 Å². The van der Waals surface area contributed by atoms with Crippen LogP contribution in [-0.2, 0) is 0 Å². The Bertz CT molecular complexity index is 190. The molecule has 1 unspecified atom stereocenters. The summed E-state index contributed by atoms with van der Waals surface area (Å²) in [5.41, 5.74) is 5.33. The van der Waals surface area contributed by atoms with Crippen molar-refractivity contribution in [3.63, 3.8) is 0 Å². The van der Waals surface area contributed by atoms with Crippen molar-refractivity contribution in [1.29, 1.82) is 0 Å². The van der Waals surface area contributed by atoms with Crippen LogP contribution in [0.3, 0.4) is 0 Å². The second-order valence-corrected chi connectivity index (χ2v) is 4.38. The van der Waals surface area contributed by atoms with Gasteiger partial charge in [-0.3, -0.25) is 0 Å². The first-order chi connectivity index (χ1) is 6.44. The first-order valence-corrected chi connectivity index (χ1v) is 5.15. The lowest BCUT2D eigenvalue weighted by atomic mass is 9.88. The first kappa shape index (κ1) is 13.2. The third-order valence-corrected chi connectivity index (χ3v) is 2.66. The van der Waals surface area contributed by atoms with Crippen molar-refractivity contribution < 1.29 is 5.21 Å². The molecule has 0 aromatic rings. The van der Waals surface area contributed by atoms with Crippen LogP contribution in [-0.4, -0.2) is 23.6 Å². The van der Waals surface area contributed by atoms with Crippen molar-refractivity contribution in [3.05, 3.63) is 0 Å². The molecule has 0 aromatic heterocycles. The van der Waals surface area contributed by atoms with Crippen LogP contribution in [0, 0.1) is 5.41 Å². The van der Waals surface area contributed by atoms with Gasteiger partial charge in [0.1, 0.15) is 5.84 Å². The van der Waals surface area contributed by atoms with Crippen molar-refractivity contribution in [2.45, 2.75) is 46.6 Å². The Balaban J connectivity index is 3.88. The number of hydrogen-bond donors (Lipinski definition) is 3. The Morgan fingerprint density at radius 1 is 1.57 bits per heavy atom. The number of rotatable bonds is 6. The molecule has 0 spiro atoms. The van der Waals surface area contributed by atoms with Crippen LogP contribution >= 0.6 is 0 Å². The molecule has 4 nitrogen and oxygen atoms in total. The Morgan fingerprint density at radius 2 is 2.14 bits per heavy atom. The summed E-state index contributed by atoms with van der Waals surface area (Å²) in [7, 11) is 0. The molecule has 0 radical (unpaired) electrons. The van der Waals surface area contributed by atoms with E-state index in [1.165, 1.54) is 0 Å². The third kappa shape index (κ3) is 4.46. The summed E-state index contributed by atoms with van der Waals surface area (Å²) >= 11 is 0. The topological polar surface area (TPSA) is 70.6 Å². The molecular weight excluding hydrogens is 178 g/mol. The summed E-state index contributed by atoms with van der Waals surface area (Å²) in [5.74, 6) is 0.295. The van der Waals surface area contributed by atoms with Crippen LogP contribution in [0.1, 0.15) is 40.5 Å². The molecule has 0 aliphatic rings. The number of nitrogens with two attached hydrogens (primary N) is 1. The van der Waals surface area contributed by atoms with Gasteiger partial charge in [0.15, 0.2) is 0 Å². The van der Waals surface area contributed by atoms with E-state index in [0.29, 0.717) is 11.9 Å². The molecule has 0 aromatic carbocycles. The fraction of sp³-hybridized carbons (Fsp3) is 0.900. The zero-order valence-corrected chi connectivity index (χ0v) is 9.67. The fourth-order valence-corrected chi connectivity index (χ4v) is 1.04. The highest BCUT2D eigenvalue weighted by Crippen LogP contribution is 2.19. The maximum atomic E-state index is 8.57. The van der Waals surface area contributed by atoms with E-state index >= 15 is 0 Å². The highest BCUT2D eigenvalue weighted by molar-refractivity contribution is 5.85. The molecule has 4 N–H and O–H groups in total. The van der Waals surface area contributed by atoms with Gasteiger partial charge in [0, 0.05) is 11.5 Å². The molecule has 14 heavy (non-hydrogen) atoms. The number of amidine groups is 1. The number of oxime groups is 1. The molecule has 0 aliphatic heterocycles. The monoisotopic (exact) mass is 201 g/mol. The SMILES string of the molecule is CCC(C)NCCC(C)(C)C(N)=NO. The van der Waals surface area contributed by atoms with E-state index < -0.39 is 0 Å². The van der Waals surface area contributed by atoms with Crippen LogP contribution in [0.2, 0.25) is 0 Å². The highest BCUT2D eigenvalue weighted by atomic mass is 16.4. The van der Waals surface area contributed by atoms with E-state index in [1.807, 2.05) is 13.8 Å². The van der Waals surface area contributed by atoms with Gasteiger partial charge in [0.25, 0.3) is 0 Å². The second kappa shape index (κ2) is 5.86. The summed E-state index contributed by atoms with van der Waals surface area (Å²) in [6, 6.07) is 0.526. The molecule has 0 saturated carbocycles. The largest absolute Gasteiger partial charge is 0.409 e. The molecule has 1 atom stereocenters. The minimum Gasteiger partial charge on any atom is -0.409 e. The Morgan fingerprint density at radius 3 is 2.57 bits per heavy atom.